The van der Waals surface area contributed by atoms with Crippen LogP contribution in [0.4, 0.5) is 0 Å². The quantitative estimate of drug-likeness (QED) is 0.805. The molecule has 3 atom stereocenters. The average molecular weight is 296 g/mol. The van der Waals surface area contributed by atoms with Gasteiger partial charge in [0.05, 0.1) is 6.04 Å². The second kappa shape index (κ2) is 6.81. The summed E-state index contributed by atoms with van der Waals surface area (Å²) in [6.07, 6.45) is 4.91. The van der Waals surface area contributed by atoms with Crippen LogP contribution in [0.1, 0.15) is 81.1 Å². The fraction of sp³-hybridized carbons (Fsp3) is 0.947. The Hall–Kier alpha value is -0.370. The van der Waals surface area contributed by atoms with Gasteiger partial charge < -0.3 is 5.32 Å². The molecule has 0 aromatic carbocycles. The third-order valence-corrected chi connectivity index (χ3v) is 4.51. The van der Waals surface area contributed by atoms with Gasteiger partial charge in [-0.15, -0.1) is 0 Å². The minimum atomic E-state index is -0.269. The van der Waals surface area contributed by atoms with E-state index in [1.807, 2.05) is 20.8 Å². The fourth-order valence-corrected chi connectivity index (χ4v) is 3.92. The van der Waals surface area contributed by atoms with Crippen molar-refractivity contribution in [3.05, 3.63) is 0 Å². The monoisotopic (exact) mass is 295 g/mol. The van der Waals surface area contributed by atoms with E-state index >= 15 is 0 Å². The lowest BCUT2D eigenvalue weighted by molar-refractivity contribution is -0.129. The van der Waals surface area contributed by atoms with Crippen molar-refractivity contribution < 1.29 is 4.79 Å². The Kier molecular flexibility index (Phi) is 6.06. The van der Waals surface area contributed by atoms with Gasteiger partial charge in [-0.3, -0.25) is 4.79 Å². The van der Waals surface area contributed by atoms with Crippen LogP contribution in [-0.2, 0) is 4.79 Å². The van der Waals surface area contributed by atoms with Crippen molar-refractivity contribution in [1.82, 2.24) is 5.32 Å². The molecule has 0 bridgehead atoms. The molecule has 3 unspecified atom stereocenters. The zero-order valence-corrected chi connectivity index (χ0v) is 15.5. The highest BCUT2D eigenvalue weighted by Crippen LogP contribution is 2.36. The molecule has 1 N–H and O–H groups in total. The lowest BCUT2D eigenvalue weighted by Gasteiger charge is -2.37. The SMILES string of the molecule is CC1CC(C)CC(CC(NC(C)(C)C)C(=O)C(C)(C)C)C1. The lowest BCUT2D eigenvalue weighted by atomic mass is 9.72. The van der Waals surface area contributed by atoms with Crippen LogP contribution < -0.4 is 5.32 Å². The number of rotatable bonds is 4. The van der Waals surface area contributed by atoms with E-state index < -0.39 is 0 Å². The van der Waals surface area contributed by atoms with Gasteiger partial charge in [0.2, 0.25) is 0 Å². The molecular weight excluding hydrogens is 258 g/mol. The first-order valence-electron chi connectivity index (χ1n) is 8.70. The first-order valence-corrected chi connectivity index (χ1v) is 8.70. The van der Waals surface area contributed by atoms with Gasteiger partial charge in [-0.05, 0) is 64.2 Å². The molecule has 124 valence electrons. The van der Waals surface area contributed by atoms with Crippen molar-refractivity contribution in [3.63, 3.8) is 0 Å². The van der Waals surface area contributed by atoms with E-state index in [2.05, 4.69) is 39.9 Å². The molecule has 1 saturated carbocycles. The number of carbonyl (C=O) groups excluding carboxylic acids is 1. The van der Waals surface area contributed by atoms with Crippen molar-refractivity contribution in [2.75, 3.05) is 0 Å². The third-order valence-electron chi connectivity index (χ3n) is 4.51. The molecule has 0 aliphatic heterocycles. The van der Waals surface area contributed by atoms with E-state index in [9.17, 15) is 4.79 Å². The van der Waals surface area contributed by atoms with Crippen molar-refractivity contribution >= 4 is 5.78 Å². The molecule has 0 amide bonds. The molecule has 1 rings (SSSR count). The molecular formula is C19H37NO. The van der Waals surface area contributed by atoms with E-state index in [-0.39, 0.29) is 17.0 Å². The maximum atomic E-state index is 12.8. The summed E-state index contributed by atoms with van der Waals surface area (Å²) in [4.78, 5) is 12.8. The first kappa shape index (κ1) is 18.7. The summed E-state index contributed by atoms with van der Waals surface area (Å²) in [5.41, 5.74) is -0.285. The summed E-state index contributed by atoms with van der Waals surface area (Å²) in [6, 6.07) is -0.00694. The van der Waals surface area contributed by atoms with Gasteiger partial charge >= 0.3 is 0 Å². The minimum Gasteiger partial charge on any atom is -0.303 e. The summed E-state index contributed by atoms with van der Waals surface area (Å²) in [7, 11) is 0. The average Bonchev–Trinajstić information content (AvgIpc) is 2.22. The van der Waals surface area contributed by atoms with Gasteiger partial charge in [0.25, 0.3) is 0 Å². The molecule has 0 spiro atoms. The Labute approximate surface area is 132 Å². The highest BCUT2D eigenvalue weighted by molar-refractivity contribution is 5.88. The van der Waals surface area contributed by atoms with Gasteiger partial charge in [0, 0.05) is 11.0 Å². The van der Waals surface area contributed by atoms with Gasteiger partial charge in [-0.1, -0.05) is 34.6 Å². The van der Waals surface area contributed by atoms with E-state index in [4.69, 9.17) is 0 Å². The highest BCUT2D eigenvalue weighted by atomic mass is 16.1. The summed E-state index contributed by atoms with van der Waals surface area (Å²) in [5, 5.41) is 3.59. The van der Waals surface area contributed by atoms with Crippen LogP contribution in [0.3, 0.4) is 0 Å². The normalized spacial score (nSPS) is 29.2. The van der Waals surface area contributed by atoms with Crippen LogP contribution in [-0.4, -0.2) is 17.4 Å². The Bertz CT molecular complexity index is 338. The van der Waals surface area contributed by atoms with Crippen LogP contribution in [0.5, 0.6) is 0 Å². The Morgan fingerprint density at radius 2 is 1.48 bits per heavy atom. The van der Waals surface area contributed by atoms with Crippen LogP contribution in [0.2, 0.25) is 0 Å². The molecule has 0 heterocycles. The third kappa shape index (κ3) is 6.50. The number of hydrogen-bond donors (Lipinski definition) is 1. The smallest absolute Gasteiger partial charge is 0.155 e. The van der Waals surface area contributed by atoms with E-state index in [1.54, 1.807) is 0 Å². The summed E-state index contributed by atoms with van der Waals surface area (Å²) in [5.74, 6) is 2.66. The topological polar surface area (TPSA) is 29.1 Å². The first-order chi connectivity index (χ1) is 9.38. The molecule has 21 heavy (non-hydrogen) atoms. The molecule has 1 aliphatic carbocycles. The molecule has 1 fully saturated rings. The number of carbonyl (C=O) groups is 1. The molecule has 2 nitrogen and oxygen atoms in total. The van der Waals surface area contributed by atoms with Crippen molar-refractivity contribution in [2.45, 2.75) is 92.7 Å². The molecule has 0 aromatic rings. The Morgan fingerprint density at radius 1 is 1.00 bits per heavy atom. The second-order valence-electron chi connectivity index (χ2n) is 9.58. The number of hydrogen-bond acceptors (Lipinski definition) is 2. The fourth-order valence-electron chi connectivity index (χ4n) is 3.92. The molecule has 1 aliphatic rings. The van der Waals surface area contributed by atoms with E-state index in [0.717, 1.165) is 18.3 Å². The highest BCUT2D eigenvalue weighted by Gasteiger charge is 2.35. The minimum absolute atomic E-state index is 0.00694. The van der Waals surface area contributed by atoms with Crippen molar-refractivity contribution in [2.24, 2.45) is 23.2 Å². The molecule has 0 saturated heterocycles. The van der Waals surface area contributed by atoms with Crippen LogP contribution in [0.25, 0.3) is 0 Å². The molecule has 2 heteroatoms. The predicted molar refractivity (Wildman–Crippen MR) is 91.4 cm³/mol. The standard InChI is InChI=1S/C19H37NO/c1-13-9-14(2)11-15(10-13)12-16(20-19(6,7)8)17(21)18(3,4)5/h13-16,20H,9-12H2,1-8H3. The van der Waals surface area contributed by atoms with Crippen LogP contribution in [0.15, 0.2) is 0 Å². The van der Waals surface area contributed by atoms with E-state index in [1.165, 1.54) is 19.3 Å². The van der Waals surface area contributed by atoms with Crippen LogP contribution >= 0.6 is 0 Å². The number of Topliss-reactive ketones (excluding diaryl/α,β-unsaturated/α-hetero) is 1. The summed E-state index contributed by atoms with van der Waals surface area (Å²) >= 11 is 0. The van der Waals surface area contributed by atoms with Crippen molar-refractivity contribution in [3.8, 4) is 0 Å². The van der Waals surface area contributed by atoms with Gasteiger partial charge in [-0.2, -0.15) is 0 Å². The van der Waals surface area contributed by atoms with Gasteiger partial charge in [0.1, 0.15) is 0 Å². The van der Waals surface area contributed by atoms with E-state index in [0.29, 0.717) is 11.7 Å². The van der Waals surface area contributed by atoms with Crippen LogP contribution in [0, 0.1) is 23.2 Å². The number of nitrogens with one attached hydrogen (secondary N) is 1. The molecule has 0 radical (unpaired) electrons. The summed E-state index contributed by atoms with van der Waals surface area (Å²) in [6.45, 7) is 17.3. The largest absolute Gasteiger partial charge is 0.303 e. The second-order valence-corrected chi connectivity index (χ2v) is 9.58. The van der Waals surface area contributed by atoms with Crippen molar-refractivity contribution in [1.29, 1.82) is 0 Å². The zero-order chi connectivity index (χ0) is 16.4. The molecule has 0 aromatic heterocycles. The predicted octanol–water partition coefficient (Wildman–Crippen LogP) is 4.82. The number of ketones is 1. The Balaban J connectivity index is 2.79. The maximum absolute atomic E-state index is 12.8. The van der Waals surface area contributed by atoms with Gasteiger partial charge in [0.15, 0.2) is 5.78 Å². The Morgan fingerprint density at radius 3 is 1.86 bits per heavy atom. The maximum Gasteiger partial charge on any atom is 0.155 e. The zero-order valence-electron chi connectivity index (χ0n) is 15.5. The lowest BCUT2D eigenvalue weighted by Crippen LogP contribution is -2.51. The van der Waals surface area contributed by atoms with Gasteiger partial charge in [-0.25, -0.2) is 0 Å². The summed E-state index contributed by atoms with van der Waals surface area (Å²) < 4.78 is 0.